The molecule has 1 saturated carbocycles. The Hall–Kier alpha value is -0.960. The monoisotopic (exact) mass is 388 g/mol. The predicted octanol–water partition coefficient (Wildman–Crippen LogP) is 1.53. The van der Waals surface area contributed by atoms with Crippen molar-refractivity contribution < 1.29 is 18.3 Å². The number of halogens is 1. The van der Waals surface area contributed by atoms with E-state index in [1.54, 1.807) is 6.07 Å². The molecule has 0 saturated heterocycles. The number of sulfonamides is 1. The Morgan fingerprint density at radius 2 is 2.05 bits per heavy atom. The lowest BCUT2D eigenvalue weighted by Crippen LogP contribution is -2.47. The van der Waals surface area contributed by atoms with Gasteiger partial charge >= 0.3 is 0 Å². The number of nitrogens with one attached hydrogen (secondary N) is 2. The Balaban J connectivity index is 1.86. The average Bonchev–Trinajstić information content (AvgIpc) is 2.43. The molecule has 3 N–H and O–H groups in total. The van der Waals surface area contributed by atoms with Gasteiger partial charge in [0.1, 0.15) is 0 Å². The van der Waals surface area contributed by atoms with E-state index < -0.39 is 15.6 Å². The van der Waals surface area contributed by atoms with Gasteiger partial charge in [0.15, 0.2) is 0 Å². The zero-order valence-corrected chi connectivity index (χ0v) is 14.3. The van der Waals surface area contributed by atoms with Crippen molar-refractivity contribution in [2.75, 3.05) is 11.9 Å². The molecule has 3 rings (SSSR count). The first-order valence-electron chi connectivity index (χ1n) is 7.13. The van der Waals surface area contributed by atoms with E-state index in [0.29, 0.717) is 35.8 Å². The summed E-state index contributed by atoms with van der Waals surface area (Å²) in [6.45, 7) is 0.00518. The normalized spacial score (nSPS) is 20.0. The first kappa shape index (κ1) is 15.9. The van der Waals surface area contributed by atoms with Crippen molar-refractivity contribution in [2.24, 2.45) is 0 Å². The van der Waals surface area contributed by atoms with Crippen molar-refractivity contribution >= 4 is 37.5 Å². The van der Waals surface area contributed by atoms with Crippen molar-refractivity contribution in [1.82, 2.24) is 4.72 Å². The van der Waals surface area contributed by atoms with Gasteiger partial charge in [0.2, 0.25) is 15.9 Å². The average molecular weight is 389 g/mol. The van der Waals surface area contributed by atoms with Crippen molar-refractivity contribution in [3.05, 3.63) is 22.2 Å². The molecule has 1 aliphatic carbocycles. The van der Waals surface area contributed by atoms with Crippen LogP contribution >= 0.6 is 15.9 Å². The number of fused-ring (bicyclic) bond motifs is 1. The standard InChI is InChI=1S/C14H17BrN2O4S/c15-10-6-9-2-3-13(18)17-11(9)7-12(10)22(20,21)16-8-14(19)4-1-5-14/h6-7,16,19H,1-5,8H2,(H,17,18). The van der Waals surface area contributed by atoms with Crippen LogP contribution in [-0.4, -0.2) is 31.6 Å². The van der Waals surface area contributed by atoms with Gasteiger partial charge in [-0.15, -0.1) is 0 Å². The van der Waals surface area contributed by atoms with Crippen LogP contribution in [0.15, 0.2) is 21.5 Å². The highest BCUT2D eigenvalue weighted by atomic mass is 79.9. The zero-order valence-electron chi connectivity index (χ0n) is 11.9. The first-order chi connectivity index (χ1) is 10.3. The van der Waals surface area contributed by atoms with E-state index in [0.717, 1.165) is 12.0 Å². The summed E-state index contributed by atoms with van der Waals surface area (Å²) in [5.41, 5.74) is 0.507. The third-order valence-electron chi connectivity index (χ3n) is 4.22. The summed E-state index contributed by atoms with van der Waals surface area (Å²) in [6, 6.07) is 3.19. The highest BCUT2D eigenvalue weighted by molar-refractivity contribution is 9.10. The molecule has 0 aromatic heterocycles. The lowest BCUT2D eigenvalue weighted by atomic mass is 9.81. The molecule has 0 atom stereocenters. The Morgan fingerprint density at radius 3 is 2.68 bits per heavy atom. The molecule has 0 bridgehead atoms. The predicted molar refractivity (Wildman–Crippen MR) is 85.1 cm³/mol. The van der Waals surface area contributed by atoms with E-state index in [9.17, 15) is 18.3 Å². The molecule has 0 spiro atoms. The van der Waals surface area contributed by atoms with E-state index in [1.807, 2.05) is 0 Å². The van der Waals surface area contributed by atoms with Crippen LogP contribution in [0.3, 0.4) is 0 Å². The van der Waals surface area contributed by atoms with Gasteiger partial charge in [0.05, 0.1) is 10.5 Å². The van der Waals surface area contributed by atoms with Crippen molar-refractivity contribution in [2.45, 2.75) is 42.6 Å². The van der Waals surface area contributed by atoms with Crippen LogP contribution in [-0.2, 0) is 21.2 Å². The van der Waals surface area contributed by atoms with Crippen molar-refractivity contribution in [3.63, 3.8) is 0 Å². The number of aliphatic hydroxyl groups is 1. The minimum Gasteiger partial charge on any atom is -0.389 e. The Morgan fingerprint density at radius 1 is 1.32 bits per heavy atom. The number of aryl methyl sites for hydroxylation is 1. The second-order valence-corrected chi connectivity index (χ2v) is 8.48. The van der Waals surface area contributed by atoms with Gasteiger partial charge in [-0.2, -0.15) is 0 Å². The summed E-state index contributed by atoms with van der Waals surface area (Å²) in [7, 11) is -3.76. The van der Waals surface area contributed by atoms with E-state index in [4.69, 9.17) is 0 Å². The lowest BCUT2D eigenvalue weighted by molar-refractivity contribution is -0.116. The molecule has 1 fully saturated rings. The van der Waals surface area contributed by atoms with Gasteiger partial charge in [0.25, 0.3) is 0 Å². The third-order valence-corrected chi connectivity index (χ3v) is 6.58. The van der Waals surface area contributed by atoms with Gasteiger partial charge in [-0.25, -0.2) is 13.1 Å². The number of rotatable bonds is 4. The summed E-state index contributed by atoms with van der Waals surface area (Å²) in [5, 5.41) is 12.7. The Bertz CT molecular complexity index is 729. The van der Waals surface area contributed by atoms with Gasteiger partial charge in [-0.1, -0.05) is 0 Å². The smallest absolute Gasteiger partial charge is 0.241 e. The summed E-state index contributed by atoms with van der Waals surface area (Å²) in [5.74, 6) is -0.116. The fraction of sp³-hybridized carbons (Fsp3) is 0.500. The van der Waals surface area contributed by atoms with E-state index in [-0.39, 0.29) is 17.3 Å². The van der Waals surface area contributed by atoms with Crippen LogP contribution in [0.1, 0.15) is 31.2 Å². The highest BCUT2D eigenvalue weighted by Crippen LogP contribution is 2.34. The number of benzene rings is 1. The molecule has 1 heterocycles. The summed E-state index contributed by atoms with van der Waals surface area (Å²) >= 11 is 3.28. The third kappa shape index (κ3) is 3.05. The Kier molecular flexibility index (Phi) is 4.05. The number of hydrogen-bond donors (Lipinski definition) is 3. The first-order valence-corrected chi connectivity index (χ1v) is 9.41. The molecule has 1 aromatic rings. The molecule has 8 heteroatoms. The number of hydrogen-bond acceptors (Lipinski definition) is 4. The van der Waals surface area contributed by atoms with Crippen LogP contribution in [0.25, 0.3) is 0 Å². The minimum absolute atomic E-state index is 0.00518. The number of carbonyl (C=O) groups excluding carboxylic acids is 1. The van der Waals surface area contributed by atoms with Crippen molar-refractivity contribution in [3.8, 4) is 0 Å². The number of amides is 1. The number of carbonyl (C=O) groups is 1. The van der Waals surface area contributed by atoms with Gasteiger partial charge in [-0.3, -0.25) is 4.79 Å². The van der Waals surface area contributed by atoms with E-state index in [1.165, 1.54) is 6.07 Å². The van der Waals surface area contributed by atoms with Crippen LogP contribution in [0.4, 0.5) is 5.69 Å². The maximum atomic E-state index is 12.4. The van der Waals surface area contributed by atoms with Crippen LogP contribution < -0.4 is 10.0 Å². The topological polar surface area (TPSA) is 95.5 Å². The molecular formula is C14H17BrN2O4S. The molecule has 1 amide bonds. The fourth-order valence-corrected chi connectivity index (χ4v) is 4.89. The molecule has 6 nitrogen and oxygen atoms in total. The summed E-state index contributed by atoms with van der Waals surface area (Å²) in [6.07, 6.45) is 3.12. The van der Waals surface area contributed by atoms with E-state index in [2.05, 4.69) is 26.0 Å². The quantitative estimate of drug-likeness (QED) is 0.728. The zero-order chi connectivity index (χ0) is 16.0. The van der Waals surface area contributed by atoms with Crippen LogP contribution in [0, 0.1) is 0 Å². The van der Waals surface area contributed by atoms with E-state index >= 15 is 0 Å². The molecule has 0 radical (unpaired) electrons. The second-order valence-electron chi connectivity index (χ2n) is 5.89. The van der Waals surface area contributed by atoms with Gasteiger partial charge < -0.3 is 10.4 Å². The molecule has 22 heavy (non-hydrogen) atoms. The Labute approximate surface area is 137 Å². The SMILES string of the molecule is O=C1CCc2cc(Br)c(S(=O)(=O)NCC3(O)CCC3)cc2N1. The van der Waals surface area contributed by atoms with Crippen molar-refractivity contribution in [1.29, 1.82) is 0 Å². The lowest BCUT2D eigenvalue weighted by Gasteiger charge is -2.36. The molecule has 120 valence electrons. The second kappa shape index (κ2) is 5.59. The molecule has 2 aliphatic rings. The van der Waals surface area contributed by atoms with Crippen LogP contribution in [0.2, 0.25) is 0 Å². The van der Waals surface area contributed by atoms with Crippen LogP contribution in [0.5, 0.6) is 0 Å². The van der Waals surface area contributed by atoms with Gasteiger partial charge in [-0.05, 0) is 59.3 Å². The molecule has 0 unspecified atom stereocenters. The molecule has 1 aliphatic heterocycles. The molecule has 1 aromatic carbocycles. The largest absolute Gasteiger partial charge is 0.389 e. The van der Waals surface area contributed by atoms with Gasteiger partial charge in [0, 0.05) is 23.1 Å². The summed E-state index contributed by atoms with van der Waals surface area (Å²) in [4.78, 5) is 11.5. The fourth-order valence-electron chi connectivity index (χ4n) is 2.65. The highest BCUT2D eigenvalue weighted by Gasteiger charge is 2.36. The maximum absolute atomic E-state index is 12.4. The number of anilines is 1. The summed E-state index contributed by atoms with van der Waals surface area (Å²) < 4.78 is 27.8. The minimum atomic E-state index is -3.76. The maximum Gasteiger partial charge on any atom is 0.241 e. The molecular weight excluding hydrogens is 372 g/mol.